The maximum Gasteiger partial charge on any atom is 0.355 e. The standard InChI is InChI=1S/C14H10N2O2S/c1-19-13-9(6-15)14(17)18-12-8-4-2-3-5-11(8)16-7-10(12)13/h2-5,16H,7H2,1H3. The minimum Gasteiger partial charge on any atom is -0.421 e. The molecule has 1 N–H and O–H groups in total. The van der Waals surface area contributed by atoms with Crippen LogP contribution in [0.4, 0.5) is 5.69 Å². The molecule has 0 saturated carbocycles. The van der Waals surface area contributed by atoms with Crippen molar-refractivity contribution in [3.63, 3.8) is 0 Å². The molecule has 0 radical (unpaired) electrons. The van der Waals surface area contributed by atoms with Gasteiger partial charge in [0.05, 0.1) is 0 Å². The Balaban J connectivity index is 2.37. The van der Waals surface area contributed by atoms with Gasteiger partial charge in [-0.3, -0.25) is 0 Å². The minimum absolute atomic E-state index is 0.0902. The van der Waals surface area contributed by atoms with Gasteiger partial charge in [-0.25, -0.2) is 4.79 Å². The zero-order valence-corrected chi connectivity index (χ0v) is 11.0. The van der Waals surface area contributed by atoms with Crippen LogP contribution in [0.15, 0.2) is 38.4 Å². The average molecular weight is 270 g/mol. The van der Waals surface area contributed by atoms with E-state index >= 15 is 0 Å². The van der Waals surface area contributed by atoms with Crippen molar-refractivity contribution in [1.82, 2.24) is 0 Å². The minimum atomic E-state index is -0.567. The summed E-state index contributed by atoms with van der Waals surface area (Å²) in [4.78, 5) is 12.6. The van der Waals surface area contributed by atoms with Crippen molar-refractivity contribution in [3.8, 4) is 17.4 Å². The molecule has 0 amide bonds. The lowest BCUT2D eigenvalue weighted by atomic mass is 10.0. The second-order valence-electron chi connectivity index (χ2n) is 4.12. The zero-order chi connectivity index (χ0) is 13.4. The first-order valence-corrected chi connectivity index (χ1v) is 6.96. The van der Waals surface area contributed by atoms with Crippen molar-refractivity contribution in [3.05, 3.63) is 45.8 Å². The van der Waals surface area contributed by atoms with Crippen LogP contribution in [-0.2, 0) is 6.54 Å². The molecule has 0 fully saturated rings. The molecule has 1 aromatic heterocycles. The number of para-hydroxylation sites is 1. The Morgan fingerprint density at radius 2 is 2.21 bits per heavy atom. The highest BCUT2D eigenvalue weighted by atomic mass is 32.2. The summed E-state index contributed by atoms with van der Waals surface area (Å²) in [6.45, 7) is 0.557. The van der Waals surface area contributed by atoms with Crippen molar-refractivity contribution in [1.29, 1.82) is 5.26 Å². The molecule has 0 bridgehead atoms. The van der Waals surface area contributed by atoms with Gasteiger partial charge in [-0.05, 0) is 18.4 Å². The van der Waals surface area contributed by atoms with Crippen molar-refractivity contribution < 1.29 is 4.42 Å². The molecule has 4 nitrogen and oxygen atoms in total. The molecule has 0 aliphatic carbocycles. The molecule has 0 spiro atoms. The second-order valence-corrected chi connectivity index (χ2v) is 4.93. The van der Waals surface area contributed by atoms with E-state index in [4.69, 9.17) is 9.68 Å². The van der Waals surface area contributed by atoms with E-state index in [1.165, 1.54) is 11.8 Å². The van der Waals surface area contributed by atoms with Gasteiger partial charge in [0, 0.05) is 28.3 Å². The van der Waals surface area contributed by atoms with E-state index in [1.54, 1.807) is 0 Å². The van der Waals surface area contributed by atoms with E-state index in [-0.39, 0.29) is 5.56 Å². The Hall–Kier alpha value is -2.19. The number of nitrogens with one attached hydrogen (secondary N) is 1. The maximum absolute atomic E-state index is 11.9. The van der Waals surface area contributed by atoms with Crippen molar-refractivity contribution in [2.45, 2.75) is 11.4 Å². The summed E-state index contributed by atoms with van der Waals surface area (Å²) in [7, 11) is 0. The number of nitrogens with zero attached hydrogens (tertiary/aromatic N) is 1. The van der Waals surface area contributed by atoms with Crippen LogP contribution in [0, 0.1) is 11.3 Å². The lowest BCUT2D eigenvalue weighted by molar-refractivity contribution is 0.510. The number of hydrogen-bond donors (Lipinski definition) is 1. The molecule has 0 saturated heterocycles. The molecule has 94 valence electrons. The quantitative estimate of drug-likeness (QED) is 0.807. The average Bonchev–Trinajstić information content (AvgIpc) is 2.45. The summed E-state index contributed by atoms with van der Waals surface area (Å²) in [5.74, 6) is 0.572. The van der Waals surface area contributed by atoms with E-state index < -0.39 is 5.63 Å². The van der Waals surface area contributed by atoms with Crippen LogP contribution in [0.2, 0.25) is 0 Å². The largest absolute Gasteiger partial charge is 0.421 e. The summed E-state index contributed by atoms with van der Waals surface area (Å²) in [5, 5.41) is 12.4. The third-order valence-electron chi connectivity index (χ3n) is 3.12. The number of thioether (sulfide) groups is 1. The van der Waals surface area contributed by atoms with E-state index in [9.17, 15) is 4.79 Å². The fraction of sp³-hybridized carbons (Fsp3) is 0.143. The van der Waals surface area contributed by atoms with Gasteiger partial charge < -0.3 is 9.73 Å². The summed E-state index contributed by atoms with van der Waals surface area (Å²) in [6.07, 6.45) is 1.86. The maximum atomic E-state index is 11.9. The highest BCUT2D eigenvalue weighted by Crippen LogP contribution is 2.39. The summed E-state index contributed by atoms with van der Waals surface area (Å²) in [5.41, 5.74) is 2.20. The molecular weight excluding hydrogens is 260 g/mol. The van der Waals surface area contributed by atoms with Crippen molar-refractivity contribution in [2.24, 2.45) is 0 Å². The Bertz CT molecular complexity index is 759. The monoisotopic (exact) mass is 270 g/mol. The fourth-order valence-corrected chi connectivity index (χ4v) is 3.02. The van der Waals surface area contributed by atoms with Crippen LogP contribution in [0.3, 0.4) is 0 Å². The topological polar surface area (TPSA) is 66.0 Å². The molecule has 3 rings (SSSR count). The van der Waals surface area contributed by atoms with Crippen LogP contribution in [-0.4, -0.2) is 6.26 Å². The molecule has 2 aromatic rings. The van der Waals surface area contributed by atoms with Crippen LogP contribution in [0.1, 0.15) is 11.1 Å². The third kappa shape index (κ3) is 1.72. The second kappa shape index (κ2) is 4.48. The Kier molecular flexibility index (Phi) is 2.80. The molecule has 5 heteroatoms. The first-order chi connectivity index (χ1) is 9.26. The first kappa shape index (κ1) is 11.9. The molecular formula is C14H10N2O2S. The molecule has 1 aromatic carbocycles. The SMILES string of the molecule is CSc1c2c(oc(=O)c1C#N)-c1ccccc1NC2. The smallest absolute Gasteiger partial charge is 0.355 e. The predicted molar refractivity (Wildman–Crippen MR) is 74.2 cm³/mol. The number of fused-ring (bicyclic) bond motifs is 3. The molecule has 1 aliphatic rings. The highest BCUT2D eigenvalue weighted by Gasteiger charge is 2.24. The van der Waals surface area contributed by atoms with E-state index in [2.05, 4.69) is 5.32 Å². The highest BCUT2D eigenvalue weighted by molar-refractivity contribution is 7.98. The van der Waals surface area contributed by atoms with Crippen LogP contribution < -0.4 is 10.9 Å². The lowest BCUT2D eigenvalue weighted by Gasteiger charge is -2.21. The summed E-state index contributed by atoms with van der Waals surface area (Å²) < 4.78 is 5.36. The fourth-order valence-electron chi connectivity index (χ4n) is 2.27. The Morgan fingerprint density at radius 1 is 1.42 bits per heavy atom. The van der Waals surface area contributed by atoms with Crippen molar-refractivity contribution >= 4 is 17.4 Å². The third-order valence-corrected chi connectivity index (χ3v) is 3.98. The lowest BCUT2D eigenvalue weighted by Crippen LogP contribution is -2.16. The number of rotatable bonds is 1. The van der Waals surface area contributed by atoms with Gasteiger partial charge in [0.1, 0.15) is 11.8 Å². The molecule has 1 aliphatic heterocycles. The molecule has 0 unspecified atom stereocenters. The van der Waals surface area contributed by atoms with E-state index in [0.717, 1.165) is 16.8 Å². The molecule has 2 heterocycles. The summed E-state index contributed by atoms with van der Waals surface area (Å²) >= 11 is 1.40. The Labute approximate surface area is 114 Å². The number of nitriles is 1. The van der Waals surface area contributed by atoms with Gasteiger partial charge in [0.2, 0.25) is 0 Å². The normalized spacial score (nSPS) is 12.0. The van der Waals surface area contributed by atoms with Gasteiger partial charge >= 0.3 is 5.63 Å². The van der Waals surface area contributed by atoms with E-state index in [1.807, 2.05) is 36.6 Å². The first-order valence-electron chi connectivity index (χ1n) is 5.73. The summed E-state index contributed by atoms with van der Waals surface area (Å²) in [6, 6.07) is 9.60. The van der Waals surface area contributed by atoms with Gasteiger partial charge in [-0.1, -0.05) is 12.1 Å². The van der Waals surface area contributed by atoms with Crippen LogP contribution >= 0.6 is 11.8 Å². The van der Waals surface area contributed by atoms with Crippen LogP contribution in [0.25, 0.3) is 11.3 Å². The van der Waals surface area contributed by atoms with Gasteiger partial charge in [0.15, 0.2) is 5.56 Å². The van der Waals surface area contributed by atoms with E-state index in [0.29, 0.717) is 17.2 Å². The number of benzene rings is 1. The number of anilines is 1. The Morgan fingerprint density at radius 3 is 2.95 bits per heavy atom. The van der Waals surface area contributed by atoms with Crippen LogP contribution in [0.5, 0.6) is 0 Å². The van der Waals surface area contributed by atoms with Crippen molar-refractivity contribution in [2.75, 3.05) is 11.6 Å². The van der Waals surface area contributed by atoms with Gasteiger partial charge in [-0.2, -0.15) is 5.26 Å². The molecule has 19 heavy (non-hydrogen) atoms. The van der Waals surface area contributed by atoms with Gasteiger partial charge in [0.25, 0.3) is 0 Å². The zero-order valence-electron chi connectivity index (χ0n) is 10.2. The van der Waals surface area contributed by atoms with Gasteiger partial charge in [-0.15, -0.1) is 11.8 Å². The predicted octanol–water partition coefficient (Wildman–Crippen LogP) is 2.83. The number of hydrogen-bond acceptors (Lipinski definition) is 5. The molecule has 0 atom stereocenters.